The van der Waals surface area contributed by atoms with Crippen LogP contribution in [0.3, 0.4) is 0 Å². The monoisotopic (exact) mass is 388 g/mol. The lowest BCUT2D eigenvalue weighted by atomic mass is 9.93. The van der Waals surface area contributed by atoms with Crippen molar-refractivity contribution < 1.29 is 4.79 Å². The highest BCUT2D eigenvalue weighted by Crippen LogP contribution is 2.43. The van der Waals surface area contributed by atoms with E-state index in [1.54, 1.807) is 0 Å². The molecule has 2 aliphatic carbocycles. The molecule has 0 radical (unpaired) electrons. The second kappa shape index (κ2) is 12.0. The molecule has 3 nitrogen and oxygen atoms in total. The van der Waals surface area contributed by atoms with Gasteiger partial charge in [0.1, 0.15) is 0 Å². The van der Waals surface area contributed by atoms with Crippen molar-refractivity contribution in [3.05, 3.63) is 12.2 Å². The van der Waals surface area contributed by atoms with Crippen LogP contribution in [0.25, 0.3) is 0 Å². The van der Waals surface area contributed by atoms with Gasteiger partial charge in [-0.3, -0.25) is 4.79 Å². The molecule has 28 heavy (non-hydrogen) atoms. The zero-order chi connectivity index (χ0) is 19.6. The van der Waals surface area contributed by atoms with E-state index in [0.717, 1.165) is 44.3 Å². The van der Waals surface area contributed by atoms with Crippen molar-refractivity contribution in [1.82, 2.24) is 9.80 Å². The number of hydrogen-bond acceptors (Lipinski definition) is 2. The van der Waals surface area contributed by atoms with Gasteiger partial charge in [-0.05, 0) is 62.9 Å². The Balaban J connectivity index is 1.41. The van der Waals surface area contributed by atoms with E-state index in [1.807, 2.05) is 0 Å². The lowest BCUT2D eigenvalue weighted by molar-refractivity contribution is -0.132. The van der Waals surface area contributed by atoms with Crippen molar-refractivity contribution in [2.24, 2.45) is 17.8 Å². The SMILES string of the molecule is CCCCCCCCCC(=O)N(CCN1CCCCC1)CC1CC2C=CC1C2. The molecule has 0 aromatic heterocycles. The number of nitrogens with zero attached hydrogens (tertiary/aromatic N) is 2. The van der Waals surface area contributed by atoms with Crippen molar-refractivity contribution in [1.29, 1.82) is 0 Å². The fourth-order valence-electron chi connectivity index (χ4n) is 5.54. The predicted octanol–water partition coefficient (Wildman–Crippen LogP) is 5.65. The number of allylic oxidation sites excluding steroid dienone is 2. The molecular formula is C25H44N2O. The minimum Gasteiger partial charge on any atom is -0.341 e. The highest BCUT2D eigenvalue weighted by molar-refractivity contribution is 5.76. The molecule has 3 rings (SSSR count). The van der Waals surface area contributed by atoms with Crippen LogP contribution >= 0.6 is 0 Å². The van der Waals surface area contributed by atoms with Crippen molar-refractivity contribution >= 4 is 5.91 Å². The number of amides is 1. The summed E-state index contributed by atoms with van der Waals surface area (Å²) in [6, 6.07) is 0. The number of unbranched alkanes of at least 4 members (excludes halogenated alkanes) is 6. The van der Waals surface area contributed by atoms with Gasteiger partial charge in [0, 0.05) is 26.1 Å². The molecule has 3 aliphatic rings. The molecule has 3 unspecified atom stereocenters. The average Bonchev–Trinajstić information content (AvgIpc) is 3.34. The zero-order valence-electron chi connectivity index (χ0n) is 18.4. The number of carbonyl (C=O) groups excluding carboxylic acids is 1. The number of likely N-dealkylation sites (tertiary alicyclic amines) is 1. The fourth-order valence-corrected chi connectivity index (χ4v) is 5.54. The first-order chi connectivity index (χ1) is 13.8. The van der Waals surface area contributed by atoms with Crippen LogP contribution in [0.4, 0.5) is 0 Å². The quantitative estimate of drug-likeness (QED) is 0.300. The van der Waals surface area contributed by atoms with Gasteiger partial charge in [-0.2, -0.15) is 0 Å². The highest BCUT2D eigenvalue weighted by atomic mass is 16.2. The van der Waals surface area contributed by atoms with Crippen LogP contribution in [-0.2, 0) is 4.79 Å². The molecule has 1 saturated carbocycles. The van der Waals surface area contributed by atoms with E-state index < -0.39 is 0 Å². The molecule has 3 atom stereocenters. The second-order valence-corrected chi connectivity index (χ2v) is 9.65. The van der Waals surface area contributed by atoms with Gasteiger partial charge in [0.05, 0.1) is 0 Å². The first-order valence-electron chi connectivity index (χ1n) is 12.4. The zero-order valence-corrected chi connectivity index (χ0v) is 18.4. The maximum absolute atomic E-state index is 13.0. The lowest BCUT2D eigenvalue weighted by Crippen LogP contribution is -2.43. The minimum absolute atomic E-state index is 0.428. The Labute approximate surface area is 173 Å². The predicted molar refractivity (Wildman–Crippen MR) is 118 cm³/mol. The normalized spacial score (nSPS) is 26.8. The van der Waals surface area contributed by atoms with E-state index in [0.29, 0.717) is 11.8 Å². The molecule has 1 heterocycles. The Morgan fingerprint density at radius 3 is 2.39 bits per heavy atom. The number of carbonyl (C=O) groups is 1. The molecular weight excluding hydrogens is 344 g/mol. The van der Waals surface area contributed by atoms with E-state index >= 15 is 0 Å². The first kappa shape index (κ1) is 21.9. The summed E-state index contributed by atoms with van der Waals surface area (Å²) in [7, 11) is 0. The molecule has 2 bridgehead atoms. The lowest BCUT2D eigenvalue weighted by Gasteiger charge is -2.32. The third-order valence-electron chi connectivity index (χ3n) is 7.35. The van der Waals surface area contributed by atoms with Gasteiger partial charge in [-0.15, -0.1) is 0 Å². The summed E-state index contributed by atoms with van der Waals surface area (Å²) in [4.78, 5) is 17.9. The molecule has 1 amide bonds. The summed E-state index contributed by atoms with van der Waals surface area (Å²) < 4.78 is 0. The average molecular weight is 389 g/mol. The molecule has 0 aromatic carbocycles. The van der Waals surface area contributed by atoms with Gasteiger partial charge in [-0.1, -0.05) is 64.0 Å². The Kier molecular flexibility index (Phi) is 9.37. The van der Waals surface area contributed by atoms with Crippen LogP contribution in [0.1, 0.15) is 90.4 Å². The highest BCUT2D eigenvalue weighted by Gasteiger charge is 2.37. The Morgan fingerprint density at radius 1 is 0.964 bits per heavy atom. The molecule has 0 N–H and O–H groups in total. The van der Waals surface area contributed by atoms with Gasteiger partial charge < -0.3 is 9.80 Å². The number of piperidine rings is 1. The van der Waals surface area contributed by atoms with Gasteiger partial charge in [0.25, 0.3) is 0 Å². The molecule has 0 spiro atoms. The van der Waals surface area contributed by atoms with Crippen molar-refractivity contribution in [2.75, 3.05) is 32.7 Å². The van der Waals surface area contributed by atoms with E-state index in [-0.39, 0.29) is 0 Å². The van der Waals surface area contributed by atoms with Crippen LogP contribution in [0.2, 0.25) is 0 Å². The molecule has 3 heteroatoms. The summed E-state index contributed by atoms with van der Waals surface area (Å²) >= 11 is 0. The van der Waals surface area contributed by atoms with E-state index in [1.165, 1.54) is 83.7 Å². The van der Waals surface area contributed by atoms with Crippen LogP contribution in [0, 0.1) is 17.8 Å². The smallest absolute Gasteiger partial charge is 0.222 e. The van der Waals surface area contributed by atoms with Crippen LogP contribution in [-0.4, -0.2) is 48.4 Å². The van der Waals surface area contributed by atoms with Crippen LogP contribution < -0.4 is 0 Å². The molecule has 0 aromatic rings. The first-order valence-corrected chi connectivity index (χ1v) is 12.4. The summed E-state index contributed by atoms with van der Waals surface area (Å²) in [6.07, 6.45) is 21.3. The van der Waals surface area contributed by atoms with Gasteiger partial charge in [0.2, 0.25) is 5.91 Å². The number of rotatable bonds is 13. The molecule has 160 valence electrons. The maximum Gasteiger partial charge on any atom is 0.222 e. The second-order valence-electron chi connectivity index (χ2n) is 9.65. The van der Waals surface area contributed by atoms with E-state index in [4.69, 9.17) is 0 Å². The van der Waals surface area contributed by atoms with Crippen LogP contribution in [0.5, 0.6) is 0 Å². The molecule has 2 fully saturated rings. The summed E-state index contributed by atoms with van der Waals surface area (Å²) in [5.41, 5.74) is 0. The summed E-state index contributed by atoms with van der Waals surface area (Å²) in [5.74, 6) is 2.69. The topological polar surface area (TPSA) is 23.6 Å². The Bertz CT molecular complexity index is 483. The van der Waals surface area contributed by atoms with Crippen molar-refractivity contribution in [3.63, 3.8) is 0 Å². The minimum atomic E-state index is 0.428. The number of hydrogen-bond donors (Lipinski definition) is 0. The summed E-state index contributed by atoms with van der Waals surface area (Å²) in [5, 5.41) is 0. The van der Waals surface area contributed by atoms with Gasteiger partial charge >= 0.3 is 0 Å². The third-order valence-corrected chi connectivity index (χ3v) is 7.35. The largest absolute Gasteiger partial charge is 0.341 e. The summed E-state index contributed by atoms with van der Waals surface area (Å²) in [6.45, 7) is 7.78. The maximum atomic E-state index is 13.0. The van der Waals surface area contributed by atoms with Crippen LogP contribution in [0.15, 0.2) is 12.2 Å². The Hall–Kier alpha value is -0.830. The molecule has 1 saturated heterocycles. The van der Waals surface area contributed by atoms with E-state index in [2.05, 4.69) is 28.9 Å². The third kappa shape index (κ3) is 6.90. The van der Waals surface area contributed by atoms with Gasteiger partial charge in [-0.25, -0.2) is 0 Å². The molecule has 1 aliphatic heterocycles. The Morgan fingerprint density at radius 2 is 1.71 bits per heavy atom. The number of fused-ring (bicyclic) bond motifs is 2. The fraction of sp³-hybridized carbons (Fsp3) is 0.880. The van der Waals surface area contributed by atoms with E-state index in [9.17, 15) is 4.79 Å². The van der Waals surface area contributed by atoms with Crippen molar-refractivity contribution in [2.45, 2.75) is 90.4 Å². The standard InChI is InChI=1S/C25H44N2O/c1-2-3-4-5-6-7-9-12-25(28)27(18-17-26-15-10-8-11-16-26)21-24-20-22-13-14-23(24)19-22/h13-14,22-24H,2-12,15-21H2,1H3. The van der Waals surface area contributed by atoms with Gasteiger partial charge in [0.15, 0.2) is 0 Å². The van der Waals surface area contributed by atoms with Crippen molar-refractivity contribution in [3.8, 4) is 0 Å².